The van der Waals surface area contributed by atoms with Gasteiger partial charge in [0.2, 0.25) is 0 Å². The molecular weight excluding hydrogens is 506 g/mol. The number of hydrogen-bond donors (Lipinski definition) is 0. The Hall–Kier alpha value is -1.12. The van der Waals surface area contributed by atoms with Crippen LogP contribution >= 0.6 is 22.6 Å². The average Bonchev–Trinajstić information content (AvgIpc) is 3.16. The van der Waals surface area contributed by atoms with Gasteiger partial charge in [-0.25, -0.2) is 0 Å². The molecule has 0 saturated carbocycles. The standard InChI is InChI=1S/C10H9I2N6O3/c1-5-13-10(18-20-5)12-4-6-14-7(21-17-6)2-3-8-15-16-9(11)19-8/h2-4H2,1H3/q-1. The predicted molar refractivity (Wildman–Crippen MR) is 70.2 cm³/mol. The van der Waals surface area contributed by atoms with Crippen molar-refractivity contribution in [2.24, 2.45) is 0 Å². The van der Waals surface area contributed by atoms with E-state index in [1.165, 1.54) is 0 Å². The molecule has 0 atom stereocenters. The van der Waals surface area contributed by atoms with Crippen molar-refractivity contribution in [1.29, 1.82) is 0 Å². The van der Waals surface area contributed by atoms with E-state index in [0.717, 1.165) is 3.83 Å². The zero-order chi connectivity index (χ0) is 14.7. The second kappa shape index (κ2) is 6.76. The molecular formula is C10H9I2N6O3-. The molecule has 0 aliphatic carbocycles. The molecule has 0 fully saturated rings. The van der Waals surface area contributed by atoms with Gasteiger partial charge >= 0.3 is 143 Å². The normalized spacial score (nSPS) is 11.3. The molecule has 0 amide bonds. The van der Waals surface area contributed by atoms with Gasteiger partial charge in [-0.1, -0.05) is 0 Å². The summed E-state index contributed by atoms with van der Waals surface area (Å²) in [6.07, 6.45) is 1.15. The van der Waals surface area contributed by atoms with Gasteiger partial charge in [-0.05, 0) is 0 Å². The van der Waals surface area contributed by atoms with E-state index in [9.17, 15) is 0 Å². The van der Waals surface area contributed by atoms with Crippen LogP contribution in [0.4, 0.5) is 0 Å². The fourth-order valence-corrected chi connectivity index (χ4v) is 3.54. The van der Waals surface area contributed by atoms with Gasteiger partial charge in [-0.3, -0.25) is 0 Å². The van der Waals surface area contributed by atoms with Crippen LogP contribution in [0.15, 0.2) is 13.5 Å². The molecule has 0 bridgehead atoms. The van der Waals surface area contributed by atoms with E-state index in [1.54, 1.807) is 6.92 Å². The van der Waals surface area contributed by atoms with E-state index >= 15 is 0 Å². The first-order chi connectivity index (χ1) is 10.2. The maximum absolute atomic E-state index is 5.27. The van der Waals surface area contributed by atoms with Crippen LogP contribution in [0.2, 0.25) is 0 Å². The van der Waals surface area contributed by atoms with E-state index < -0.39 is 21.2 Å². The second-order valence-electron chi connectivity index (χ2n) is 3.90. The summed E-state index contributed by atoms with van der Waals surface area (Å²) in [6, 6.07) is 0. The van der Waals surface area contributed by atoms with Crippen molar-refractivity contribution in [2.75, 3.05) is 0 Å². The number of alkyl halides is 1. The molecule has 0 aliphatic heterocycles. The molecule has 0 spiro atoms. The molecule has 9 nitrogen and oxygen atoms in total. The van der Waals surface area contributed by atoms with E-state index in [1.807, 2.05) is 22.6 Å². The Morgan fingerprint density at radius 2 is 1.90 bits per heavy atom. The fraction of sp³-hybridized carbons (Fsp3) is 0.400. The molecule has 0 aromatic carbocycles. The van der Waals surface area contributed by atoms with Gasteiger partial charge in [0.05, 0.1) is 0 Å². The zero-order valence-electron chi connectivity index (χ0n) is 10.8. The summed E-state index contributed by atoms with van der Waals surface area (Å²) in [5.41, 5.74) is 0. The van der Waals surface area contributed by atoms with Crippen molar-refractivity contribution < 1.29 is 34.7 Å². The third-order valence-electron chi connectivity index (χ3n) is 2.31. The molecule has 3 rings (SSSR count). The zero-order valence-corrected chi connectivity index (χ0v) is 15.1. The summed E-state index contributed by atoms with van der Waals surface area (Å²) < 4.78 is 17.4. The summed E-state index contributed by atoms with van der Waals surface area (Å²) in [7, 11) is 0. The van der Waals surface area contributed by atoms with Crippen LogP contribution in [0.25, 0.3) is 0 Å². The molecule has 0 radical (unpaired) electrons. The van der Waals surface area contributed by atoms with Crippen molar-refractivity contribution in [3.63, 3.8) is 0 Å². The van der Waals surface area contributed by atoms with Gasteiger partial charge in [0, 0.05) is 0 Å². The monoisotopic (exact) mass is 515 g/mol. The summed E-state index contributed by atoms with van der Waals surface area (Å²) in [6.45, 7) is 1.77. The summed E-state index contributed by atoms with van der Waals surface area (Å²) in [5, 5.41) is 15.5. The molecule has 0 N–H and O–H groups in total. The van der Waals surface area contributed by atoms with Crippen molar-refractivity contribution in [2.45, 2.75) is 24.2 Å². The third kappa shape index (κ3) is 4.18. The topological polar surface area (TPSA) is 117 Å². The summed E-state index contributed by atoms with van der Waals surface area (Å²) in [4.78, 5) is 8.49. The van der Waals surface area contributed by atoms with Crippen molar-refractivity contribution in [3.05, 3.63) is 31.2 Å². The molecule has 0 unspecified atom stereocenters. The van der Waals surface area contributed by atoms with Gasteiger partial charge < -0.3 is 0 Å². The number of rotatable bonds is 6. The van der Waals surface area contributed by atoms with E-state index in [4.69, 9.17) is 13.5 Å². The minimum atomic E-state index is -0.412. The average molecular weight is 515 g/mol. The first kappa shape index (κ1) is 14.8. The fourth-order valence-electron chi connectivity index (χ4n) is 1.44. The van der Waals surface area contributed by atoms with Crippen LogP contribution in [0, 0.1) is 14.7 Å². The van der Waals surface area contributed by atoms with E-state index in [2.05, 4.69) is 30.5 Å². The molecule has 21 heavy (non-hydrogen) atoms. The quantitative estimate of drug-likeness (QED) is 0.272. The van der Waals surface area contributed by atoms with Crippen LogP contribution < -0.4 is 21.2 Å². The van der Waals surface area contributed by atoms with Gasteiger partial charge in [-0.15, -0.1) is 0 Å². The molecule has 0 saturated heterocycles. The molecule has 112 valence electrons. The summed E-state index contributed by atoms with van der Waals surface area (Å²) >= 11 is 1.56. The Balaban J connectivity index is 1.51. The minimum absolute atomic E-state index is 0.412. The second-order valence-corrected chi connectivity index (χ2v) is 7.32. The number of aromatic nitrogens is 6. The van der Waals surface area contributed by atoms with Crippen LogP contribution in [-0.2, 0) is 17.3 Å². The Morgan fingerprint density at radius 3 is 2.62 bits per heavy atom. The van der Waals surface area contributed by atoms with Gasteiger partial charge in [-0.2, -0.15) is 0 Å². The van der Waals surface area contributed by atoms with E-state index in [-0.39, 0.29) is 0 Å². The van der Waals surface area contributed by atoms with Crippen LogP contribution in [0.1, 0.15) is 23.5 Å². The summed E-state index contributed by atoms with van der Waals surface area (Å²) in [5.74, 6) is 2.37. The van der Waals surface area contributed by atoms with Gasteiger partial charge in [0.15, 0.2) is 0 Å². The Labute approximate surface area is 142 Å². The molecule has 3 heterocycles. The van der Waals surface area contributed by atoms with Crippen LogP contribution in [-0.4, -0.2) is 30.5 Å². The van der Waals surface area contributed by atoms with Crippen molar-refractivity contribution >= 4 is 22.6 Å². The Bertz CT molecular complexity index is 665. The van der Waals surface area contributed by atoms with Crippen molar-refractivity contribution in [1.82, 2.24) is 30.5 Å². The first-order valence-corrected chi connectivity index (χ1v) is 9.56. The molecule has 3 aromatic heterocycles. The Kier molecular flexibility index (Phi) is 4.77. The Morgan fingerprint density at radius 1 is 1.05 bits per heavy atom. The number of nitrogens with zero attached hydrogens (tertiary/aromatic N) is 6. The molecule has 11 heteroatoms. The van der Waals surface area contributed by atoms with Gasteiger partial charge in [0.25, 0.3) is 0 Å². The van der Waals surface area contributed by atoms with Crippen LogP contribution in [0.5, 0.6) is 0 Å². The number of halogens is 2. The third-order valence-corrected chi connectivity index (χ3v) is 4.93. The van der Waals surface area contributed by atoms with Crippen molar-refractivity contribution in [3.8, 4) is 0 Å². The molecule has 3 aromatic rings. The maximum atomic E-state index is 5.27. The molecule has 0 aliphatic rings. The predicted octanol–water partition coefficient (Wildman–Crippen LogP) is -2.01. The number of aryl methyl sites for hydroxylation is 3. The number of hydrogen-bond acceptors (Lipinski definition) is 9. The SMILES string of the molecule is Cc1nc([I-]Cc2noc(CCc3nnc(I)o3)n2)no1. The van der Waals surface area contributed by atoms with Crippen LogP contribution in [0.3, 0.4) is 0 Å². The van der Waals surface area contributed by atoms with E-state index in [0.29, 0.717) is 44.7 Å². The van der Waals surface area contributed by atoms with Gasteiger partial charge in [0.1, 0.15) is 0 Å². The first-order valence-electron chi connectivity index (χ1n) is 5.88.